The van der Waals surface area contributed by atoms with Gasteiger partial charge in [0.2, 0.25) is 0 Å². The zero-order valence-electron chi connectivity index (χ0n) is 16.3. The topological polar surface area (TPSA) is 38.8 Å². The number of likely N-dealkylation sites (N-methyl/N-ethyl adjacent to an activating group) is 1. The molecule has 0 unspecified atom stereocenters. The molecule has 30 heavy (non-hydrogen) atoms. The van der Waals surface area contributed by atoms with Crippen LogP contribution in [-0.4, -0.2) is 29.3 Å². The first kappa shape index (κ1) is 20.9. The molecule has 1 heterocycles. The Kier molecular flexibility index (Phi) is 6.13. The number of halogens is 1. The number of fused-ring (bicyclic) bond motifs is 1. The first-order chi connectivity index (χ1) is 14.5. The zero-order chi connectivity index (χ0) is 21.3. The van der Waals surface area contributed by atoms with Gasteiger partial charge in [0.15, 0.2) is 11.5 Å². The number of hydrogen-bond acceptors (Lipinski definition) is 5. The van der Waals surface area contributed by atoms with Crippen molar-refractivity contribution in [3.8, 4) is 11.5 Å². The van der Waals surface area contributed by atoms with Crippen LogP contribution in [0.15, 0.2) is 64.0 Å². The van der Waals surface area contributed by atoms with E-state index in [1.165, 1.54) is 22.0 Å². The molecule has 7 heteroatoms. The molecule has 1 aliphatic rings. The van der Waals surface area contributed by atoms with Crippen molar-refractivity contribution in [3.05, 3.63) is 75.1 Å². The van der Waals surface area contributed by atoms with Gasteiger partial charge in [0, 0.05) is 7.05 Å². The van der Waals surface area contributed by atoms with E-state index in [0.29, 0.717) is 27.3 Å². The first-order valence-corrected chi connectivity index (χ1v) is 11.2. The molecule has 1 fully saturated rings. The molecular formula is C23H18BrNO3S2. The molecule has 0 aromatic heterocycles. The fourth-order valence-corrected chi connectivity index (χ4v) is 4.98. The third kappa shape index (κ3) is 4.10. The summed E-state index contributed by atoms with van der Waals surface area (Å²) >= 11 is 10.1. The lowest BCUT2D eigenvalue weighted by Crippen LogP contribution is -2.22. The van der Waals surface area contributed by atoms with Crippen LogP contribution < -0.4 is 9.47 Å². The summed E-state index contributed by atoms with van der Waals surface area (Å²) in [7, 11) is 3.28. The van der Waals surface area contributed by atoms with Gasteiger partial charge in [-0.25, -0.2) is 0 Å². The fraction of sp³-hybridized carbons (Fsp3) is 0.130. The van der Waals surface area contributed by atoms with Crippen LogP contribution in [-0.2, 0) is 11.4 Å². The van der Waals surface area contributed by atoms with Gasteiger partial charge in [-0.3, -0.25) is 9.69 Å². The number of hydrogen-bond donors (Lipinski definition) is 0. The highest BCUT2D eigenvalue weighted by molar-refractivity contribution is 9.10. The van der Waals surface area contributed by atoms with Crippen molar-refractivity contribution >= 4 is 67.0 Å². The molecule has 3 aromatic carbocycles. The van der Waals surface area contributed by atoms with E-state index in [2.05, 4.69) is 40.2 Å². The van der Waals surface area contributed by atoms with E-state index in [0.717, 1.165) is 21.0 Å². The van der Waals surface area contributed by atoms with Crippen LogP contribution >= 0.6 is 39.9 Å². The number of methoxy groups -OCH3 is 1. The summed E-state index contributed by atoms with van der Waals surface area (Å²) in [6.45, 7) is 0.407. The van der Waals surface area contributed by atoms with Gasteiger partial charge in [-0.2, -0.15) is 0 Å². The Labute approximate surface area is 193 Å². The monoisotopic (exact) mass is 499 g/mol. The van der Waals surface area contributed by atoms with E-state index in [9.17, 15) is 4.79 Å². The smallest absolute Gasteiger partial charge is 0.265 e. The minimum absolute atomic E-state index is 0.101. The fourth-order valence-electron chi connectivity index (χ4n) is 3.23. The number of carbonyl (C=O) groups is 1. The van der Waals surface area contributed by atoms with Gasteiger partial charge in [0.1, 0.15) is 10.9 Å². The quantitative estimate of drug-likeness (QED) is 0.317. The van der Waals surface area contributed by atoms with E-state index >= 15 is 0 Å². The third-order valence-electron chi connectivity index (χ3n) is 4.79. The van der Waals surface area contributed by atoms with Crippen molar-refractivity contribution in [1.29, 1.82) is 0 Å². The van der Waals surface area contributed by atoms with Crippen LogP contribution in [0.5, 0.6) is 11.5 Å². The molecule has 4 nitrogen and oxygen atoms in total. The summed E-state index contributed by atoms with van der Waals surface area (Å²) in [6.07, 6.45) is 1.81. The van der Waals surface area contributed by atoms with Gasteiger partial charge in [-0.1, -0.05) is 66.4 Å². The Morgan fingerprint density at radius 1 is 1.17 bits per heavy atom. The number of thioether (sulfide) groups is 1. The van der Waals surface area contributed by atoms with Gasteiger partial charge >= 0.3 is 0 Å². The molecule has 1 aliphatic heterocycles. The van der Waals surface area contributed by atoms with Crippen molar-refractivity contribution in [2.24, 2.45) is 0 Å². The number of amides is 1. The largest absolute Gasteiger partial charge is 0.493 e. The average molecular weight is 500 g/mol. The summed E-state index contributed by atoms with van der Waals surface area (Å²) in [5.74, 6) is 1.10. The van der Waals surface area contributed by atoms with Crippen molar-refractivity contribution in [2.75, 3.05) is 14.2 Å². The molecule has 0 bridgehead atoms. The lowest BCUT2D eigenvalue weighted by molar-refractivity contribution is -0.121. The van der Waals surface area contributed by atoms with Crippen molar-refractivity contribution in [3.63, 3.8) is 0 Å². The van der Waals surface area contributed by atoms with E-state index < -0.39 is 0 Å². The number of nitrogens with zero attached hydrogens (tertiary/aromatic N) is 1. The zero-order valence-corrected chi connectivity index (χ0v) is 19.6. The highest BCUT2D eigenvalue weighted by Gasteiger charge is 2.28. The molecule has 0 aliphatic carbocycles. The van der Waals surface area contributed by atoms with Crippen LogP contribution in [0.1, 0.15) is 11.1 Å². The second-order valence-electron chi connectivity index (χ2n) is 6.70. The van der Waals surface area contributed by atoms with Gasteiger partial charge in [0.25, 0.3) is 5.91 Å². The van der Waals surface area contributed by atoms with Crippen molar-refractivity contribution < 1.29 is 14.3 Å². The van der Waals surface area contributed by atoms with Gasteiger partial charge in [0.05, 0.1) is 16.5 Å². The summed E-state index contributed by atoms with van der Waals surface area (Å²) in [4.78, 5) is 14.3. The van der Waals surface area contributed by atoms with E-state index in [1.54, 1.807) is 14.2 Å². The van der Waals surface area contributed by atoms with Gasteiger partial charge in [-0.15, -0.1) is 0 Å². The maximum Gasteiger partial charge on any atom is 0.265 e. The Morgan fingerprint density at radius 3 is 2.67 bits per heavy atom. The lowest BCUT2D eigenvalue weighted by Gasteiger charge is -2.15. The molecule has 4 rings (SSSR count). The van der Waals surface area contributed by atoms with Crippen LogP contribution in [0.2, 0.25) is 0 Å². The molecular weight excluding hydrogens is 482 g/mol. The second-order valence-corrected chi connectivity index (χ2v) is 9.23. The van der Waals surface area contributed by atoms with Gasteiger partial charge in [-0.05, 0) is 56.0 Å². The molecule has 0 spiro atoms. The minimum Gasteiger partial charge on any atom is -0.493 e. The molecule has 3 aromatic rings. The molecule has 0 saturated carbocycles. The van der Waals surface area contributed by atoms with E-state index in [-0.39, 0.29) is 5.91 Å². The lowest BCUT2D eigenvalue weighted by atomic mass is 10.1. The summed E-state index contributed by atoms with van der Waals surface area (Å²) < 4.78 is 13.0. The van der Waals surface area contributed by atoms with E-state index in [1.807, 2.05) is 36.4 Å². The third-order valence-corrected chi connectivity index (χ3v) is 6.86. The Morgan fingerprint density at radius 2 is 1.93 bits per heavy atom. The molecule has 0 N–H and O–H groups in total. The summed E-state index contributed by atoms with van der Waals surface area (Å²) in [5.41, 5.74) is 1.92. The molecule has 152 valence electrons. The standard InChI is InChI=1S/C23H18BrNO3S2/c1-25-22(26)20(30-23(25)29)12-14-10-18(24)21(19(11-14)27-2)28-13-16-8-5-7-15-6-3-4-9-17(15)16/h3-12H,13H2,1-2H3. The van der Waals surface area contributed by atoms with Gasteiger partial charge < -0.3 is 9.47 Å². The van der Waals surface area contributed by atoms with Crippen molar-refractivity contribution in [1.82, 2.24) is 4.90 Å². The Bertz CT molecular complexity index is 1190. The number of rotatable bonds is 5. The highest BCUT2D eigenvalue weighted by atomic mass is 79.9. The van der Waals surface area contributed by atoms with Crippen LogP contribution in [0.3, 0.4) is 0 Å². The average Bonchev–Trinajstić information content (AvgIpc) is 2.99. The Balaban J connectivity index is 1.62. The molecule has 0 radical (unpaired) electrons. The highest BCUT2D eigenvalue weighted by Crippen LogP contribution is 2.39. The van der Waals surface area contributed by atoms with Crippen LogP contribution in [0.25, 0.3) is 16.8 Å². The maximum atomic E-state index is 12.3. The predicted octanol–water partition coefficient (Wildman–Crippen LogP) is 6.02. The SMILES string of the molecule is COc1cc(C=C2SC(=S)N(C)C2=O)cc(Br)c1OCc1cccc2ccccc12. The van der Waals surface area contributed by atoms with Crippen molar-refractivity contribution in [2.45, 2.75) is 6.61 Å². The molecule has 1 amide bonds. The van der Waals surface area contributed by atoms with E-state index in [4.69, 9.17) is 21.7 Å². The summed E-state index contributed by atoms with van der Waals surface area (Å²) in [6, 6.07) is 18.2. The maximum absolute atomic E-state index is 12.3. The van der Waals surface area contributed by atoms with Crippen LogP contribution in [0, 0.1) is 0 Å². The number of carbonyl (C=O) groups excluding carboxylic acids is 1. The summed E-state index contributed by atoms with van der Waals surface area (Å²) in [5, 5.41) is 2.33. The normalized spacial score (nSPS) is 15.3. The molecule has 0 atom stereocenters. The second kappa shape index (κ2) is 8.79. The molecule has 1 saturated heterocycles. The van der Waals surface area contributed by atoms with Crippen LogP contribution in [0.4, 0.5) is 0 Å². The number of thiocarbonyl (C=S) groups is 1. The Hall–Kier alpha value is -2.35. The first-order valence-electron chi connectivity index (χ1n) is 9.16. The predicted molar refractivity (Wildman–Crippen MR) is 130 cm³/mol. The number of benzene rings is 3. The minimum atomic E-state index is -0.101. The number of ether oxygens (including phenoxy) is 2.